The average Bonchev–Trinajstić information content (AvgIpc) is 2.89. The molecule has 3 rings (SSSR count). The molecule has 2 aromatic heterocycles. The molecule has 0 atom stereocenters. The fraction of sp³-hybridized carbons (Fsp3) is 0.263. The third-order valence-corrected chi connectivity index (χ3v) is 3.53. The molecule has 2 heterocycles. The number of amides is 1. The maximum absolute atomic E-state index is 12.3. The Balaban J connectivity index is 1.73. The molecule has 0 aliphatic carbocycles. The van der Waals surface area contributed by atoms with Crippen LogP contribution in [-0.2, 0) is 11.2 Å². The molecule has 0 fully saturated rings. The van der Waals surface area contributed by atoms with Crippen molar-refractivity contribution >= 4 is 17.2 Å². The first-order valence-corrected chi connectivity index (χ1v) is 8.01. The molecule has 0 unspecified atom stereocenters. The van der Waals surface area contributed by atoms with E-state index in [-0.39, 0.29) is 18.4 Å². The molecule has 24 heavy (non-hydrogen) atoms. The van der Waals surface area contributed by atoms with Crippen LogP contribution in [0.25, 0.3) is 5.65 Å². The normalized spacial score (nSPS) is 11.0. The van der Waals surface area contributed by atoms with Gasteiger partial charge in [0, 0.05) is 12.4 Å². The lowest BCUT2D eigenvalue weighted by atomic mass is 10.2. The van der Waals surface area contributed by atoms with E-state index in [1.807, 2.05) is 74.0 Å². The van der Waals surface area contributed by atoms with Crippen LogP contribution in [-0.4, -0.2) is 21.4 Å². The zero-order valence-electron chi connectivity index (χ0n) is 14.1. The van der Waals surface area contributed by atoms with E-state index in [2.05, 4.69) is 10.3 Å². The predicted octanol–water partition coefficient (Wildman–Crippen LogP) is 3.61. The molecule has 5 heteroatoms. The lowest BCUT2D eigenvalue weighted by Crippen LogP contribution is -2.16. The summed E-state index contributed by atoms with van der Waals surface area (Å²) in [6.07, 6.45) is 4.09. The van der Waals surface area contributed by atoms with E-state index in [1.54, 1.807) is 0 Å². The second-order valence-corrected chi connectivity index (χ2v) is 6.09. The number of fused-ring (bicyclic) bond motifs is 1. The van der Waals surface area contributed by atoms with Crippen molar-refractivity contribution in [1.82, 2.24) is 9.38 Å². The molecule has 124 valence electrons. The highest BCUT2D eigenvalue weighted by atomic mass is 16.5. The molecular formula is C19H21N3O2. The third-order valence-electron chi connectivity index (χ3n) is 3.53. The van der Waals surface area contributed by atoms with E-state index in [1.165, 1.54) is 0 Å². The third kappa shape index (κ3) is 3.74. The van der Waals surface area contributed by atoms with Gasteiger partial charge in [-0.25, -0.2) is 4.98 Å². The first kappa shape index (κ1) is 16.1. The van der Waals surface area contributed by atoms with Gasteiger partial charge in [0.15, 0.2) is 0 Å². The van der Waals surface area contributed by atoms with Crippen LogP contribution >= 0.6 is 0 Å². The summed E-state index contributed by atoms with van der Waals surface area (Å²) in [5.41, 5.74) is 3.40. The molecule has 0 saturated heterocycles. The van der Waals surface area contributed by atoms with Gasteiger partial charge in [-0.05, 0) is 50.6 Å². The summed E-state index contributed by atoms with van der Waals surface area (Å²) in [4.78, 5) is 16.8. The summed E-state index contributed by atoms with van der Waals surface area (Å²) in [7, 11) is 0. The number of pyridine rings is 1. The number of benzene rings is 1. The number of para-hydroxylation sites is 2. The van der Waals surface area contributed by atoms with Gasteiger partial charge in [-0.3, -0.25) is 4.79 Å². The molecule has 0 bridgehead atoms. The average molecular weight is 323 g/mol. The highest BCUT2D eigenvalue weighted by Gasteiger charge is 2.11. The maximum Gasteiger partial charge on any atom is 0.230 e. The smallest absolute Gasteiger partial charge is 0.230 e. The van der Waals surface area contributed by atoms with Crippen LogP contribution in [0.2, 0.25) is 0 Å². The van der Waals surface area contributed by atoms with E-state index in [0.29, 0.717) is 11.4 Å². The zero-order chi connectivity index (χ0) is 17.1. The van der Waals surface area contributed by atoms with Gasteiger partial charge < -0.3 is 14.5 Å². The summed E-state index contributed by atoms with van der Waals surface area (Å²) < 4.78 is 7.65. The van der Waals surface area contributed by atoms with Crippen molar-refractivity contribution in [3.8, 4) is 5.75 Å². The number of carbonyl (C=O) groups is 1. The molecule has 0 spiro atoms. The van der Waals surface area contributed by atoms with E-state index >= 15 is 0 Å². The minimum atomic E-state index is -0.116. The lowest BCUT2D eigenvalue weighted by Gasteiger charge is -2.14. The zero-order valence-corrected chi connectivity index (χ0v) is 14.1. The summed E-state index contributed by atoms with van der Waals surface area (Å²) in [5.74, 6) is 0.557. The van der Waals surface area contributed by atoms with Gasteiger partial charge >= 0.3 is 0 Å². The number of hydrogen-bond donors (Lipinski definition) is 1. The van der Waals surface area contributed by atoms with Gasteiger partial charge in [0.1, 0.15) is 11.4 Å². The van der Waals surface area contributed by atoms with E-state index in [4.69, 9.17) is 4.74 Å². The number of hydrogen-bond acceptors (Lipinski definition) is 3. The summed E-state index contributed by atoms with van der Waals surface area (Å²) in [6.45, 7) is 5.93. The Morgan fingerprint density at radius 3 is 2.88 bits per heavy atom. The number of aromatic nitrogens is 2. The van der Waals surface area contributed by atoms with Crippen LogP contribution in [0.5, 0.6) is 5.75 Å². The molecule has 0 radical (unpaired) electrons. The fourth-order valence-electron chi connectivity index (χ4n) is 2.51. The molecule has 0 aliphatic heterocycles. The van der Waals surface area contributed by atoms with Gasteiger partial charge in [-0.15, -0.1) is 0 Å². The Bertz CT molecular complexity index is 868. The quantitative estimate of drug-likeness (QED) is 0.780. The number of nitrogens with zero attached hydrogens (tertiary/aromatic N) is 2. The second kappa shape index (κ2) is 6.74. The molecular weight excluding hydrogens is 302 g/mol. The van der Waals surface area contributed by atoms with Crippen LogP contribution < -0.4 is 10.1 Å². The monoisotopic (exact) mass is 323 g/mol. The van der Waals surface area contributed by atoms with Gasteiger partial charge in [0.2, 0.25) is 5.91 Å². The van der Waals surface area contributed by atoms with Crippen molar-refractivity contribution in [2.75, 3.05) is 5.32 Å². The van der Waals surface area contributed by atoms with Crippen LogP contribution in [0.15, 0.2) is 48.8 Å². The largest absolute Gasteiger partial charge is 0.489 e. The van der Waals surface area contributed by atoms with Gasteiger partial charge in [-0.2, -0.15) is 0 Å². The molecule has 1 amide bonds. The predicted molar refractivity (Wildman–Crippen MR) is 94.5 cm³/mol. The van der Waals surface area contributed by atoms with Crippen molar-refractivity contribution in [2.45, 2.75) is 33.3 Å². The van der Waals surface area contributed by atoms with Crippen molar-refractivity contribution < 1.29 is 9.53 Å². The van der Waals surface area contributed by atoms with Gasteiger partial charge in [-0.1, -0.05) is 12.1 Å². The Kier molecular flexibility index (Phi) is 4.51. The number of nitrogens with one attached hydrogen (secondary N) is 1. The Labute approximate surface area is 141 Å². The van der Waals surface area contributed by atoms with Crippen LogP contribution in [0.1, 0.15) is 25.1 Å². The lowest BCUT2D eigenvalue weighted by molar-refractivity contribution is -0.115. The molecule has 0 saturated carbocycles. The SMILES string of the molecule is Cc1ccn2cc(CC(=O)Nc3ccccc3OC(C)C)nc2c1. The summed E-state index contributed by atoms with van der Waals surface area (Å²) in [5, 5.41) is 2.91. The number of anilines is 1. The fourth-order valence-corrected chi connectivity index (χ4v) is 2.51. The Morgan fingerprint density at radius 1 is 1.29 bits per heavy atom. The standard InChI is InChI=1S/C19H21N3O2/c1-13(2)24-17-7-5-4-6-16(17)21-19(23)11-15-12-22-9-8-14(3)10-18(22)20-15/h4-10,12-13H,11H2,1-3H3,(H,21,23). The maximum atomic E-state index is 12.3. The van der Waals surface area contributed by atoms with E-state index in [0.717, 1.165) is 16.9 Å². The molecule has 1 aromatic carbocycles. The first-order chi connectivity index (χ1) is 11.5. The summed E-state index contributed by atoms with van der Waals surface area (Å²) >= 11 is 0. The highest BCUT2D eigenvalue weighted by Crippen LogP contribution is 2.25. The van der Waals surface area contributed by atoms with Crippen LogP contribution in [0.4, 0.5) is 5.69 Å². The molecule has 1 N–H and O–H groups in total. The molecule has 5 nitrogen and oxygen atoms in total. The summed E-state index contributed by atoms with van der Waals surface area (Å²) in [6, 6.07) is 11.4. The molecule has 3 aromatic rings. The van der Waals surface area contributed by atoms with Gasteiger partial charge in [0.05, 0.1) is 23.9 Å². The van der Waals surface area contributed by atoms with Crippen molar-refractivity contribution in [2.24, 2.45) is 0 Å². The van der Waals surface area contributed by atoms with E-state index < -0.39 is 0 Å². The minimum absolute atomic E-state index is 0.0460. The number of rotatable bonds is 5. The number of imidazole rings is 1. The Morgan fingerprint density at radius 2 is 2.08 bits per heavy atom. The number of carbonyl (C=O) groups excluding carboxylic acids is 1. The molecule has 0 aliphatic rings. The Hall–Kier alpha value is -2.82. The van der Waals surface area contributed by atoms with Crippen molar-refractivity contribution in [3.05, 3.63) is 60.0 Å². The number of ether oxygens (including phenoxy) is 1. The second-order valence-electron chi connectivity index (χ2n) is 6.09. The van der Waals surface area contributed by atoms with Crippen LogP contribution in [0.3, 0.4) is 0 Å². The van der Waals surface area contributed by atoms with Crippen LogP contribution in [0, 0.1) is 6.92 Å². The highest BCUT2D eigenvalue weighted by molar-refractivity contribution is 5.93. The minimum Gasteiger partial charge on any atom is -0.489 e. The number of aryl methyl sites for hydroxylation is 1. The topological polar surface area (TPSA) is 55.6 Å². The first-order valence-electron chi connectivity index (χ1n) is 8.01. The van der Waals surface area contributed by atoms with Crippen molar-refractivity contribution in [1.29, 1.82) is 0 Å². The van der Waals surface area contributed by atoms with Crippen molar-refractivity contribution in [3.63, 3.8) is 0 Å². The van der Waals surface area contributed by atoms with E-state index in [9.17, 15) is 4.79 Å². The van der Waals surface area contributed by atoms with Gasteiger partial charge in [0.25, 0.3) is 0 Å².